The molecule has 0 saturated heterocycles. The molecule has 0 aliphatic carbocycles. The smallest absolute Gasteiger partial charge is 0.118 e. The van der Waals surface area contributed by atoms with Gasteiger partial charge in [-0.05, 0) is 35.7 Å². The number of hydrogen-bond donors (Lipinski definition) is 0. The van der Waals surface area contributed by atoms with Gasteiger partial charge in [0.25, 0.3) is 0 Å². The fourth-order valence-corrected chi connectivity index (χ4v) is 1.87. The van der Waals surface area contributed by atoms with Crippen LogP contribution in [0.15, 0.2) is 48.5 Å². The van der Waals surface area contributed by atoms with Crippen molar-refractivity contribution in [3.05, 3.63) is 54.1 Å². The zero-order chi connectivity index (χ0) is 13.0. The molecular formula is C16H18O2. The van der Waals surface area contributed by atoms with E-state index in [0.29, 0.717) is 0 Å². The number of methoxy groups -OCH3 is 2. The summed E-state index contributed by atoms with van der Waals surface area (Å²) in [7, 11) is 3.40. The zero-order valence-corrected chi connectivity index (χ0v) is 11.0. The average molecular weight is 242 g/mol. The van der Waals surface area contributed by atoms with Gasteiger partial charge in [0, 0.05) is 7.11 Å². The Morgan fingerprint density at radius 1 is 0.778 bits per heavy atom. The molecule has 0 fully saturated rings. The van der Waals surface area contributed by atoms with Gasteiger partial charge in [0.15, 0.2) is 0 Å². The van der Waals surface area contributed by atoms with E-state index in [-0.39, 0.29) is 6.10 Å². The summed E-state index contributed by atoms with van der Waals surface area (Å²) in [6.07, 6.45) is 0.134. The fraction of sp³-hybridized carbons (Fsp3) is 0.250. The van der Waals surface area contributed by atoms with Crippen LogP contribution in [-0.2, 0) is 4.74 Å². The lowest BCUT2D eigenvalue weighted by atomic mass is 10.0. The van der Waals surface area contributed by atoms with Gasteiger partial charge in [0.05, 0.1) is 13.2 Å². The maximum absolute atomic E-state index is 5.30. The zero-order valence-electron chi connectivity index (χ0n) is 11.0. The fourth-order valence-electron chi connectivity index (χ4n) is 1.87. The second-order valence-electron chi connectivity index (χ2n) is 4.23. The van der Waals surface area contributed by atoms with Crippen LogP contribution in [0.1, 0.15) is 18.6 Å². The molecule has 0 aliphatic heterocycles. The molecule has 94 valence electrons. The Morgan fingerprint density at radius 2 is 1.28 bits per heavy atom. The predicted octanol–water partition coefficient (Wildman–Crippen LogP) is 4.07. The number of benzene rings is 2. The van der Waals surface area contributed by atoms with Crippen molar-refractivity contribution in [2.75, 3.05) is 14.2 Å². The molecule has 0 heterocycles. The van der Waals surface area contributed by atoms with E-state index >= 15 is 0 Å². The van der Waals surface area contributed by atoms with Crippen molar-refractivity contribution in [1.82, 2.24) is 0 Å². The first kappa shape index (κ1) is 12.7. The first-order chi connectivity index (χ1) is 8.74. The van der Waals surface area contributed by atoms with Crippen LogP contribution < -0.4 is 4.74 Å². The Labute approximate surface area is 108 Å². The van der Waals surface area contributed by atoms with E-state index in [1.807, 2.05) is 19.1 Å². The molecule has 0 saturated carbocycles. The predicted molar refractivity (Wildman–Crippen MR) is 73.9 cm³/mol. The van der Waals surface area contributed by atoms with Gasteiger partial charge in [-0.15, -0.1) is 0 Å². The van der Waals surface area contributed by atoms with Gasteiger partial charge >= 0.3 is 0 Å². The highest BCUT2D eigenvalue weighted by Crippen LogP contribution is 2.24. The number of rotatable bonds is 4. The Morgan fingerprint density at radius 3 is 1.72 bits per heavy atom. The van der Waals surface area contributed by atoms with Gasteiger partial charge in [-0.2, -0.15) is 0 Å². The molecule has 2 aromatic carbocycles. The third-order valence-electron chi connectivity index (χ3n) is 3.16. The topological polar surface area (TPSA) is 18.5 Å². The molecule has 0 aromatic heterocycles. The average Bonchev–Trinajstić information content (AvgIpc) is 2.47. The lowest BCUT2D eigenvalue weighted by Gasteiger charge is -2.10. The van der Waals surface area contributed by atoms with Crippen molar-refractivity contribution in [2.45, 2.75) is 13.0 Å². The van der Waals surface area contributed by atoms with Crippen molar-refractivity contribution in [3.63, 3.8) is 0 Å². The van der Waals surface area contributed by atoms with Crippen LogP contribution in [0.25, 0.3) is 11.1 Å². The highest BCUT2D eigenvalue weighted by Gasteiger charge is 2.04. The number of hydrogen-bond acceptors (Lipinski definition) is 2. The van der Waals surface area contributed by atoms with Crippen LogP contribution in [0.3, 0.4) is 0 Å². The Balaban J connectivity index is 2.22. The van der Waals surface area contributed by atoms with Gasteiger partial charge in [-0.3, -0.25) is 0 Å². The Kier molecular flexibility index (Phi) is 4.00. The molecule has 0 amide bonds. The van der Waals surface area contributed by atoms with E-state index in [0.717, 1.165) is 5.75 Å². The minimum absolute atomic E-state index is 0.134. The molecule has 0 spiro atoms. The summed E-state index contributed by atoms with van der Waals surface area (Å²) in [5.41, 5.74) is 3.58. The van der Waals surface area contributed by atoms with Crippen LogP contribution in [0, 0.1) is 0 Å². The van der Waals surface area contributed by atoms with Crippen molar-refractivity contribution in [3.8, 4) is 16.9 Å². The lowest BCUT2D eigenvalue weighted by Crippen LogP contribution is -1.94. The van der Waals surface area contributed by atoms with Gasteiger partial charge in [-0.25, -0.2) is 0 Å². The van der Waals surface area contributed by atoms with Crippen LogP contribution in [0.5, 0.6) is 5.75 Å². The molecule has 1 unspecified atom stereocenters. The molecular weight excluding hydrogens is 224 g/mol. The van der Waals surface area contributed by atoms with E-state index in [4.69, 9.17) is 9.47 Å². The largest absolute Gasteiger partial charge is 0.497 e. The minimum Gasteiger partial charge on any atom is -0.497 e. The monoisotopic (exact) mass is 242 g/mol. The summed E-state index contributed by atoms with van der Waals surface area (Å²) in [6, 6.07) is 16.5. The standard InChI is InChI=1S/C16H18O2/c1-12(17-2)13-4-6-14(7-5-13)15-8-10-16(18-3)11-9-15/h4-12H,1-3H3. The van der Waals surface area contributed by atoms with Gasteiger partial charge in [0.1, 0.15) is 5.75 Å². The van der Waals surface area contributed by atoms with E-state index in [1.165, 1.54) is 16.7 Å². The van der Waals surface area contributed by atoms with Crippen molar-refractivity contribution < 1.29 is 9.47 Å². The molecule has 2 rings (SSSR count). The molecule has 2 heteroatoms. The molecule has 0 bridgehead atoms. The summed E-state index contributed by atoms with van der Waals surface area (Å²) in [5, 5.41) is 0. The van der Waals surface area contributed by atoms with Crippen molar-refractivity contribution in [1.29, 1.82) is 0 Å². The van der Waals surface area contributed by atoms with Gasteiger partial charge < -0.3 is 9.47 Å². The first-order valence-electron chi connectivity index (χ1n) is 6.02. The molecule has 0 aliphatic rings. The Hall–Kier alpha value is -1.80. The highest BCUT2D eigenvalue weighted by molar-refractivity contribution is 5.64. The summed E-state index contributed by atoms with van der Waals surface area (Å²) in [6.45, 7) is 2.04. The molecule has 18 heavy (non-hydrogen) atoms. The van der Waals surface area contributed by atoms with E-state index in [9.17, 15) is 0 Å². The Bertz CT molecular complexity index is 486. The minimum atomic E-state index is 0.134. The summed E-state index contributed by atoms with van der Waals surface area (Å²) < 4.78 is 10.4. The first-order valence-corrected chi connectivity index (χ1v) is 6.02. The third-order valence-corrected chi connectivity index (χ3v) is 3.16. The van der Waals surface area contributed by atoms with E-state index in [2.05, 4.69) is 36.4 Å². The normalized spacial score (nSPS) is 12.2. The highest BCUT2D eigenvalue weighted by atomic mass is 16.5. The molecule has 1 atom stereocenters. The van der Waals surface area contributed by atoms with E-state index < -0.39 is 0 Å². The second kappa shape index (κ2) is 5.69. The third kappa shape index (κ3) is 2.71. The quantitative estimate of drug-likeness (QED) is 0.804. The van der Waals surface area contributed by atoms with E-state index in [1.54, 1.807) is 14.2 Å². The SMILES string of the molecule is COc1ccc(-c2ccc(C(C)OC)cc2)cc1. The van der Waals surface area contributed by atoms with Crippen molar-refractivity contribution >= 4 is 0 Å². The number of ether oxygens (including phenoxy) is 2. The van der Waals surface area contributed by atoms with Crippen LogP contribution in [0.2, 0.25) is 0 Å². The van der Waals surface area contributed by atoms with Crippen LogP contribution in [0.4, 0.5) is 0 Å². The molecule has 2 nitrogen and oxygen atoms in total. The molecule has 2 aromatic rings. The van der Waals surface area contributed by atoms with Gasteiger partial charge in [-0.1, -0.05) is 36.4 Å². The second-order valence-corrected chi connectivity index (χ2v) is 4.23. The van der Waals surface area contributed by atoms with Gasteiger partial charge in [0.2, 0.25) is 0 Å². The van der Waals surface area contributed by atoms with Crippen LogP contribution in [-0.4, -0.2) is 14.2 Å². The summed E-state index contributed by atoms with van der Waals surface area (Å²) in [4.78, 5) is 0. The maximum atomic E-state index is 5.30. The van der Waals surface area contributed by atoms with Crippen LogP contribution >= 0.6 is 0 Å². The lowest BCUT2D eigenvalue weighted by molar-refractivity contribution is 0.119. The van der Waals surface area contributed by atoms with Crippen molar-refractivity contribution in [2.24, 2.45) is 0 Å². The summed E-state index contributed by atoms with van der Waals surface area (Å²) >= 11 is 0. The summed E-state index contributed by atoms with van der Waals surface area (Å²) in [5.74, 6) is 0.878. The molecule has 0 radical (unpaired) electrons. The maximum Gasteiger partial charge on any atom is 0.118 e. The molecule has 0 N–H and O–H groups in total.